The second kappa shape index (κ2) is 8.25. The Morgan fingerprint density at radius 2 is 2.00 bits per heavy atom. The number of rotatable bonds is 7. The van der Waals surface area contributed by atoms with Gasteiger partial charge in [-0.25, -0.2) is 0 Å². The fraction of sp³-hybridized carbons (Fsp3) is 0.867. The zero-order valence-electron chi connectivity index (χ0n) is 12.3. The fourth-order valence-electron chi connectivity index (χ4n) is 2.97. The molecule has 0 spiro atoms. The minimum atomic E-state index is -0.296. The molecule has 2 saturated heterocycles. The molecule has 2 N–H and O–H groups in total. The Morgan fingerprint density at radius 3 is 2.70 bits per heavy atom. The van der Waals surface area contributed by atoms with Crippen molar-refractivity contribution in [3.63, 3.8) is 0 Å². The Bertz CT molecular complexity index is 327. The van der Waals surface area contributed by atoms with Crippen LogP contribution in [0, 0.1) is 0 Å². The largest absolute Gasteiger partial charge is 0.354 e. The molecular formula is C15H27N3O2. The normalized spacial score (nSPS) is 23.6. The summed E-state index contributed by atoms with van der Waals surface area (Å²) in [6.07, 6.45) is 8.62. The molecule has 0 bridgehead atoms. The van der Waals surface area contributed by atoms with E-state index in [4.69, 9.17) is 0 Å². The average Bonchev–Trinajstić information content (AvgIpc) is 2.90. The summed E-state index contributed by atoms with van der Waals surface area (Å²) in [5, 5.41) is 5.61. The number of carbonyl (C=O) groups excluding carboxylic acids is 2. The van der Waals surface area contributed by atoms with E-state index in [-0.39, 0.29) is 17.9 Å². The van der Waals surface area contributed by atoms with Crippen LogP contribution in [0.4, 0.5) is 0 Å². The molecule has 20 heavy (non-hydrogen) atoms. The van der Waals surface area contributed by atoms with E-state index in [1.165, 1.54) is 45.3 Å². The zero-order chi connectivity index (χ0) is 14.2. The molecule has 0 saturated carbocycles. The van der Waals surface area contributed by atoms with Gasteiger partial charge in [0, 0.05) is 13.0 Å². The highest BCUT2D eigenvalue weighted by molar-refractivity contribution is 5.90. The predicted molar refractivity (Wildman–Crippen MR) is 78.3 cm³/mol. The smallest absolute Gasteiger partial charge is 0.242 e. The Labute approximate surface area is 121 Å². The van der Waals surface area contributed by atoms with Crippen molar-refractivity contribution in [3.05, 3.63) is 0 Å². The molecule has 0 aromatic carbocycles. The van der Waals surface area contributed by atoms with Crippen molar-refractivity contribution < 1.29 is 9.59 Å². The number of hydrogen-bond acceptors (Lipinski definition) is 3. The minimum Gasteiger partial charge on any atom is -0.354 e. The number of piperidine rings is 1. The molecular weight excluding hydrogens is 254 g/mol. The second-order valence-electron chi connectivity index (χ2n) is 5.91. The summed E-state index contributed by atoms with van der Waals surface area (Å²) in [6.45, 7) is 4.45. The summed E-state index contributed by atoms with van der Waals surface area (Å²) in [7, 11) is 0. The van der Waals surface area contributed by atoms with Gasteiger partial charge in [0.25, 0.3) is 0 Å². The molecule has 2 rings (SSSR count). The molecule has 2 fully saturated rings. The van der Waals surface area contributed by atoms with Crippen LogP contribution < -0.4 is 10.6 Å². The molecule has 0 aliphatic carbocycles. The van der Waals surface area contributed by atoms with E-state index >= 15 is 0 Å². The average molecular weight is 281 g/mol. The van der Waals surface area contributed by atoms with E-state index in [1.54, 1.807) is 0 Å². The van der Waals surface area contributed by atoms with Crippen LogP contribution >= 0.6 is 0 Å². The van der Waals surface area contributed by atoms with Crippen molar-refractivity contribution in [2.45, 2.75) is 57.4 Å². The molecule has 5 nitrogen and oxygen atoms in total. The van der Waals surface area contributed by atoms with Gasteiger partial charge in [-0.1, -0.05) is 12.8 Å². The molecule has 5 heteroatoms. The van der Waals surface area contributed by atoms with Gasteiger partial charge in [-0.15, -0.1) is 0 Å². The van der Waals surface area contributed by atoms with Crippen LogP contribution in [-0.4, -0.2) is 48.9 Å². The summed E-state index contributed by atoms with van der Waals surface area (Å²) in [4.78, 5) is 25.3. The van der Waals surface area contributed by atoms with Crippen molar-refractivity contribution in [2.24, 2.45) is 0 Å². The van der Waals surface area contributed by atoms with Crippen molar-refractivity contribution >= 4 is 11.8 Å². The van der Waals surface area contributed by atoms with Crippen molar-refractivity contribution in [1.29, 1.82) is 0 Å². The lowest BCUT2D eigenvalue weighted by Gasteiger charge is -2.26. The van der Waals surface area contributed by atoms with E-state index in [0.29, 0.717) is 12.8 Å². The van der Waals surface area contributed by atoms with Gasteiger partial charge in [-0.2, -0.15) is 0 Å². The van der Waals surface area contributed by atoms with Crippen molar-refractivity contribution in [2.75, 3.05) is 26.2 Å². The van der Waals surface area contributed by atoms with Gasteiger partial charge in [-0.05, 0) is 51.7 Å². The molecule has 2 heterocycles. The lowest BCUT2D eigenvalue weighted by molar-refractivity contribution is -0.125. The Balaban J connectivity index is 1.45. The molecule has 0 radical (unpaired) electrons. The number of carbonyl (C=O) groups is 2. The van der Waals surface area contributed by atoms with E-state index < -0.39 is 0 Å². The van der Waals surface area contributed by atoms with Crippen LogP contribution in [0.3, 0.4) is 0 Å². The number of likely N-dealkylation sites (tertiary alicyclic amines) is 1. The maximum Gasteiger partial charge on any atom is 0.242 e. The summed E-state index contributed by atoms with van der Waals surface area (Å²) in [5.74, 6) is -0.0291. The third kappa shape index (κ3) is 5.12. The number of nitrogens with one attached hydrogen (secondary N) is 2. The van der Waals surface area contributed by atoms with E-state index in [9.17, 15) is 9.59 Å². The lowest BCUT2D eigenvalue weighted by Crippen LogP contribution is -2.41. The third-order valence-corrected chi connectivity index (χ3v) is 4.21. The molecule has 0 aromatic heterocycles. The first-order valence-electron chi connectivity index (χ1n) is 8.05. The molecule has 2 aliphatic heterocycles. The van der Waals surface area contributed by atoms with Crippen molar-refractivity contribution in [3.8, 4) is 0 Å². The number of unbranched alkanes of at least 4 members (excludes halogenated alkanes) is 2. The first kappa shape index (κ1) is 15.3. The number of amides is 2. The quantitative estimate of drug-likeness (QED) is 0.685. The van der Waals surface area contributed by atoms with Gasteiger partial charge < -0.3 is 15.5 Å². The molecule has 114 valence electrons. The SMILES string of the molecule is O=C1CCC(C(=O)NCCCCCN2CCCCC2)N1. The maximum atomic E-state index is 11.7. The van der Waals surface area contributed by atoms with E-state index in [0.717, 1.165) is 19.4 Å². The fourth-order valence-corrected chi connectivity index (χ4v) is 2.97. The molecule has 1 unspecified atom stereocenters. The highest BCUT2D eigenvalue weighted by Crippen LogP contribution is 2.10. The van der Waals surface area contributed by atoms with Gasteiger partial charge in [0.1, 0.15) is 6.04 Å². The van der Waals surface area contributed by atoms with Crippen LogP contribution in [0.1, 0.15) is 51.4 Å². The third-order valence-electron chi connectivity index (χ3n) is 4.21. The Hall–Kier alpha value is -1.10. The van der Waals surface area contributed by atoms with Gasteiger partial charge >= 0.3 is 0 Å². The minimum absolute atomic E-state index is 0.00770. The summed E-state index contributed by atoms with van der Waals surface area (Å²) in [5.41, 5.74) is 0. The summed E-state index contributed by atoms with van der Waals surface area (Å²) in [6, 6.07) is -0.296. The summed E-state index contributed by atoms with van der Waals surface area (Å²) < 4.78 is 0. The number of hydrogen-bond donors (Lipinski definition) is 2. The molecule has 1 atom stereocenters. The maximum absolute atomic E-state index is 11.7. The van der Waals surface area contributed by atoms with Crippen LogP contribution in [0.2, 0.25) is 0 Å². The van der Waals surface area contributed by atoms with Gasteiger partial charge in [0.05, 0.1) is 0 Å². The standard InChI is InChI=1S/C15H27N3O2/c19-14-8-7-13(17-14)15(20)16-9-3-1-4-10-18-11-5-2-6-12-18/h13H,1-12H2,(H,16,20)(H,17,19). The second-order valence-corrected chi connectivity index (χ2v) is 5.91. The first-order valence-corrected chi connectivity index (χ1v) is 8.05. The highest BCUT2D eigenvalue weighted by Gasteiger charge is 2.26. The van der Waals surface area contributed by atoms with E-state index in [1.807, 2.05) is 0 Å². The van der Waals surface area contributed by atoms with Crippen LogP contribution in [-0.2, 0) is 9.59 Å². The monoisotopic (exact) mass is 281 g/mol. The van der Waals surface area contributed by atoms with Gasteiger partial charge in [0.2, 0.25) is 11.8 Å². The number of nitrogens with zero attached hydrogens (tertiary/aromatic N) is 1. The topological polar surface area (TPSA) is 61.4 Å². The first-order chi connectivity index (χ1) is 9.75. The van der Waals surface area contributed by atoms with Crippen molar-refractivity contribution in [1.82, 2.24) is 15.5 Å². The van der Waals surface area contributed by atoms with E-state index in [2.05, 4.69) is 15.5 Å². The zero-order valence-corrected chi connectivity index (χ0v) is 12.3. The Morgan fingerprint density at radius 1 is 1.20 bits per heavy atom. The molecule has 2 amide bonds. The van der Waals surface area contributed by atoms with Gasteiger partial charge in [-0.3, -0.25) is 9.59 Å². The Kier molecular flexibility index (Phi) is 6.30. The van der Waals surface area contributed by atoms with Gasteiger partial charge in [0.15, 0.2) is 0 Å². The van der Waals surface area contributed by atoms with Crippen LogP contribution in [0.5, 0.6) is 0 Å². The summed E-state index contributed by atoms with van der Waals surface area (Å²) >= 11 is 0. The lowest BCUT2D eigenvalue weighted by atomic mass is 10.1. The van der Waals surface area contributed by atoms with Crippen LogP contribution in [0.15, 0.2) is 0 Å². The predicted octanol–water partition coefficient (Wildman–Crippen LogP) is 1.04. The molecule has 0 aromatic rings. The highest BCUT2D eigenvalue weighted by atomic mass is 16.2. The van der Waals surface area contributed by atoms with Crippen LogP contribution in [0.25, 0.3) is 0 Å². The molecule has 2 aliphatic rings.